The number of rotatable bonds is 4. The highest BCUT2D eigenvalue weighted by atomic mass is 35.5. The monoisotopic (exact) mass is 531 g/mol. The molecule has 9 nitrogen and oxygen atoms in total. The fourth-order valence-corrected chi connectivity index (χ4v) is 4.81. The average Bonchev–Trinajstić information content (AvgIpc) is 3.37. The van der Waals surface area contributed by atoms with Crippen LogP contribution in [0.3, 0.4) is 0 Å². The van der Waals surface area contributed by atoms with Crippen LogP contribution in [0.2, 0.25) is 5.15 Å². The Balaban J connectivity index is 1.31. The van der Waals surface area contributed by atoms with Crippen LogP contribution in [0.1, 0.15) is 42.3 Å². The largest absolute Gasteiger partial charge is 0.586 e. The van der Waals surface area contributed by atoms with Crippen LogP contribution in [0.4, 0.5) is 8.78 Å². The summed E-state index contributed by atoms with van der Waals surface area (Å²) in [5.41, 5.74) is 0.547. The number of alkyl halides is 2. The maximum absolute atomic E-state index is 13.7. The van der Waals surface area contributed by atoms with Crippen LogP contribution in [-0.2, 0) is 10.2 Å². The van der Waals surface area contributed by atoms with Gasteiger partial charge < -0.3 is 29.0 Å². The van der Waals surface area contributed by atoms with E-state index in [1.54, 1.807) is 26.2 Å². The number of fused-ring (bicyclic) bond motifs is 3. The first-order chi connectivity index (χ1) is 17.6. The zero-order valence-corrected chi connectivity index (χ0v) is 20.3. The highest BCUT2D eigenvalue weighted by Crippen LogP contribution is 2.50. The van der Waals surface area contributed by atoms with Crippen molar-refractivity contribution in [1.82, 2.24) is 15.3 Å². The average molecular weight is 532 g/mol. The molecule has 192 valence electrons. The molecule has 37 heavy (non-hydrogen) atoms. The third-order valence-corrected chi connectivity index (χ3v) is 6.90. The number of aromatic nitrogens is 2. The minimum atomic E-state index is -3.78. The Morgan fingerprint density at radius 3 is 2.62 bits per heavy atom. The van der Waals surface area contributed by atoms with Crippen LogP contribution in [0.15, 0.2) is 42.7 Å². The van der Waals surface area contributed by atoms with E-state index in [-0.39, 0.29) is 34.9 Å². The Morgan fingerprint density at radius 1 is 1.11 bits per heavy atom. The van der Waals surface area contributed by atoms with Crippen molar-refractivity contribution in [2.45, 2.75) is 37.2 Å². The van der Waals surface area contributed by atoms with Crippen molar-refractivity contribution in [2.24, 2.45) is 0 Å². The summed E-state index contributed by atoms with van der Waals surface area (Å²) in [5.74, 6) is 0.738. The molecule has 0 bridgehead atoms. The second kappa shape index (κ2) is 8.34. The van der Waals surface area contributed by atoms with Gasteiger partial charge in [0, 0.05) is 29.7 Å². The molecule has 0 fully saturated rings. The number of halogens is 3. The maximum Gasteiger partial charge on any atom is 0.586 e. The molecule has 12 heteroatoms. The van der Waals surface area contributed by atoms with E-state index in [1.165, 1.54) is 24.5 Å². The smallest absolute Gasteiger partial charge is 0.497 e. The zero-order valence-electron chi connectivity index (χ0n) is 19.6. The molecule has 1 unspecified atom stereocenters. The van der Waals surface area contributed by atoms with Gasteiger partial charge in [0.05, 0.1) is 31.2 Å². The molecule has 0 spiro atoms. The quantitative estimate of drug-likeness (QED) is 0.525. The van der Waals surface area contributed by atoms with E-state index in [1.807, 2.05) is 6.07 Å². The molecular weight excluding hydrogens is 512 g/mol. The van der Waals surface area contributed by atoms with Crippen LogP contribution in [0, 0.1) is 0 Å². The van der Waals surface area contributed by atoms with E-state index >= 15 is 0 Å². The number of amides is 1. The van der Waals surface area contributed by atoms with Crippen LogP contribution in [0.25, 0.3) is 0 Å². The molecule has 3 atom stereocenters. The first-order valence-corrected chi connectivity index (χ1v) is 11.7. The lowest BCUT2D eigenvalue weighted by Crippen LogP contribution is -2.46. The van der Waals surface area contributed by atoms with Gasteiger partial charge in [0.25, 0.3) is 0 Å². The highest BCUT2D eigenvalue weighted by molar-refractivity contribution is 6.29. The number of nitrogens with one attached hydrogen (secondary N) is 1. The summed E-state index contributed by atoms with van der Waals surface area (Å²) in [6.07, 6.45) is -0.985. The van der Waals surface area contributed by atoms with Crippen LogP contribution in [-0.4, -0.2) is 35.9 Å². The van der Waals surface area contributed by atoms with Gasteiger partial charge in [-0.2, -0.15) is 0 Å². The Kier molecular flexibility index (Phi) is 5.30. The summed E-state index contributed by atoms with van der Waals surface area (Å²) >= 11 is 5.89. The molecule has 3 aromatic rings. The molecular formula is C25H20ClF2N3O6. The van der Waals surface area contributed by atoms with E-state index in [2.05, 4.69) is 24.8 Å². The third kappa shape index (κ3) is 4.03. The van der Waals surface area contributed by atoms with Crippen molar-refractivity contribution in [3.8, 4) is 28.7 Å². The number of carbonyl (C=O) groups excluding carboxylic acids is 1. The normalized spacial score (nSPS) is 24.4. The molecule has 1 N–H and O–H groups in total. The Hall–Kier alpha value is -3.86. The molecule has 6 rings (SSSR count). The van der Waals surface area contributed by atoms with Gasteiger partial charge in [0.2, 0.25) is 5.91 Å². The van der Waals surface area contributed by atoms with Gasteiger partial charge >= 0.3 is 6.29 Å². The van der Waals surface area contributed by atoms with E-state index in [9.17, 15) is 13.6 Å². The topological polar surface area (TPSA) is 101 Å². The second-order valence-electron chi connectivity index (χ2n) is 9.12. The lowest BCUT2D eigenvalue weighted by atomic mass is 9.82. The van der Waals surface area contributed by atoms with E-state index < -0.39 is 23.9 Å². The molecule has 3 aliphatic heterocycles. The van der Waals surface area contributed by atoms with Crippen LogP contribution in [0.5, 0.6) is 28.7 Å². The van der Waals surface area contributed by atoms with Gasteiger partial charge in [-0.15, -0.1) is 8.78 Å². The maximum atomic E-state index is 13.7. The van der Waals surface area contributed by atoms with Crippen molar-refractivity contribution in [1.29, 1.82) is 0 Å². The van der Waals surface area contributed by atoms with Gasteiger partial charge in [0.1, 0.15) is 40.5 Å². The van der Waals surface area contributed by atoms with Crippen molar-refractivity contribution in [2.75, 3.05) is 13.7 Å². The third-order valence-electron chi connectivity index (χ3n) is 6.71. The summed E-state index contributed by atoms with van der Waals surface area (Å²) in [6, 6.07) is 7.55. The minimum absolute atomic E-state index is 0.0121. The first-order valence-electron chi connectivity index (χ1n) is 11.4. The summed E-state index contributed by atoms with van der Waals surface area (Å²) in [5, 5.41) is 3.34. The summed E-state index contributed by atoms with van der Waals surface area (Å²) in [4.78, 5) is 22.1. The lowest BCUT2D eigenvalue weighted by Gasteiger charge is -2.34. The van der Waals surface area contributed by atoms with E-state index in [0.717, 1.165) is 5.56 Å². The van der Waals surface area contributed by atoms with Crippen molar-refractivity contribution >= 4 is 17.5 Å². The first kappa shape index (κ1) is 23.5. The summed E-state index contributed by atoms with van der Waals surface area (Å²) in [6.45, 7) is 1.70. The number of benzene rings is 2. The van der Waals surface area contributed by atoms with E-state index in [0.29, 0.717) is 29.2 Å². The number of hydrogen-bond acceptors (Lipinski definition) is 8. The Labute approximate surface area is 214 Å². The fraction of sp³-hybridized carbons (Fsp3) is 0.320. The Morgan fingerprint density at radius 2 is 1.89 bits per heavy atom. The highest BCUT2D eigenvalue weighted by Gasteiger charge is 2.49. The van der Waals surface area contributed by atoms with Gasteiger partial charge in [0.15, 0.2) is 11.5 Å². The molecule has 2 aromatic carbocycles. The molecule has 0 saturated carbocycles. The van der Waals surface area contributed by atoms with Crippen molar-refractivity contribution in [3.05, 3.63) is 64.7 Å². The predicted octanol–water partition coefficient (Wildman–Crippen LogP) is 4.49. The summed E-state index contributed by atoms with van der Waals surface area (Å²) in [7, 11) is 1.55. The zero-order chi connectivity index (χ0) is 25.9. The lowest BCUT2D eigenvalue weighted by molar-refractivity contribution is -0.286. The van der Waals surface area contributed by atoms with Crippen molar-refractivity contribution in [3.63, 3.8) is 0 Å². The number of methoxy groups -OCH3 is 1. The van der Waals surface area contributed by atoms with Crippen molar-refractivity contribution < 1.29 is 37.3 Å². The molecule has 0 radical (unpaired) electrons. The minimum Gasteiger partial charge on any atom is -0.497 e. The SMILES string of the molecule is COc1ccc2c(c1)O[C@@H](c1cnc(Cl)cn1)C[C@H]2NC(=O)C1(C)COc2cc3c(cc21)OC(F)(F)O3. The number of carbonyl (C=O) groups is 1. The fourth-order valence-electron chi connectivity index (χ4n) is 4.71. The standard InChI is InChI=1S/C25H20ClF2N3O6/c1-24(11-34-18-8-21-20(6-14(18)24)36-25(27,28)37-21)23(32)31-15-7-19(16-9-30-22(26)10-29-16)35-17-5-12(33-2)3-4-13(15)17/h3-6,8-10,15,19H,7,11H2,1-2H3,(H,31,32)/t15-,19-,24?/m1/s1. The van der Waals surface area contributed by atoms with Gasteiger partial charge in [-0.3, -0.25) is 9.78 Å². The van der Waals surface area contributed by atoms with Gasteiger partial charge in [-0.1, -0.05) is 11.6 Å². The molecule has 3 aliphatic rings. The van der Waals surface area contributed by atoms with E-state index in [4.69, 9.17) is 25.8 Å². The molecule has 0 aliphatic carbocycles. The Bertz CT molecular complexity index is 1410. The van der Waals surface area contributed by atoms with Gasteiger partial charge in [-0.25, -0.2) is 4.98 Å². The van der Waals surface area contributed by atoms with Gasteiger partial charge in [-0.05, 0) is 25.1 Å². The molecule has 1 amide bonds. The van der Waals surface area contributed by atoms with Crippen LogP contribution < -0.4 is 29.0 Å². The number of hydrogen-bond donors (Lipinski definition) is 1. The molecule has 4 heterocycles. The molecule has 1 aromatic heterocycles. The number of ether oxygens (including phenoxy) is 5. The molecule has 0 saturated heterocycles. The summed E-state index contributed by atoms with van der Waals surface area (Å²) < 4.78 is 53.5. The predicted molar refractivity (Wildman–Crippen MR) is 124 cm³/mol. The second-order valence-corrected chi connectivity index (χ2v) is 9.51. The van der Waals surface area contributed by atoms with Crippen LogP contribution >= 0.6 is 11.6 Å². The number of nitrogens with zero attached hydrogens (tertiary/aromatic N) is 2.